The van der Waals surface area contributed by atoms with Crippen molar-refractivity contribution in [3.63, 3.8) is 0 Å². The van der Waals surface area contributed by atoms with Gasteiger partial charge in [-0.2, -0.15) is 18.3 Å². The van der Waals surface area contributed by atoms with Gasteiger partial charge in [0.2, 0.25) is 0 Å². The number of alkyl halides is 3. The van der Waals surface area contributed by atoms with Crippen LogP contribution in [-0.2, 0) is 6.18 Å². The minimum atomic E-state index is -4.64. The normalized spacial score (nSPS) is 11.6. The van der Waals surface area contributed by atoms with Crippen LogP contribution in [0.15, 0.2) is 42.5 Å². The maximum Gasteiger partial charge on any atom is 0.433 e. The van der Waals surface area contributed by atoms with E-state index in [1.54, 1.807) is 13.0 Å². The van der Waals surface area contributed by atoms with E-state index in [4.69, 9.17) is 16.3 Å². The van der Waals surface area contributed by atoms with Gasteiger partial charge in [0, 0.05) is 22.2 Å². The molecule has 3 rings (SSSR count). The number of hydrogen-bond acceptors (Lipinski definition) is 3. The molecular weight excluding hydrogens is 369 g/mol. The van der Waals surface area contributed by atoms with Crippen molar-refractivity contribution in [1.82, 2.24) is 10.2 Å². The number of aromatic amines is 1. The zero-order valence-corrected chi connectivity index (χ0v) is 14.3. The molecule has 0 aliphatic rings. The van der Waals surface area contributed by atoms with Crippen LogP contribution in [0.3, 0.4) is 0 Å². The van der Waals surface area contributed by atoms with Crippen molar-refractivity contribution in [2.24, 2.45) is 0 Å². The molecule has 1 heterocycles. The van der Waals surface area contributed by atoms with Crippen molar-refractivity contribution < 1.29 is 23.0 Å². The standard InChI is InChI=1S/C18H14ClF3N2O2/c1-2-26-12-7-8-13(14(25)9-12)16-15(10-3-5-11(19)6-4-10)17(24-23-16)18(20,21)22/h3-9,25H,2H2,1H3,(H,23,24). The number of ether oxygens (including phenoxy) is 1. The third-order valence-corrected chi connectivity index (χ3v) is 3.97. The van der Waals surface area contributed by atoms with Crippen molar-refractivity contribution in [2.75, 3.05) is 6.61 Å². The lowest BCUT2D eigenvalue weighted by atomic mass is 9.98. The number of aromatic nitrogens is 2. The highest BCUT2D eigenvalue weighted by atomic mass is 35.5. The minimum absolute atomic E-state index is 0.0137. The van der Waals surface area contributed by atoms with E-state index >= 15 is 0 Å². The van der Waals surface area contributed by atoms with E-state index < -0.39 is 11.9 Å². The third-order valence-electron chi connectivity index (χ3n) is 3.72. The number of aromatic hydroxyl groups is 1. The lowest BCUT2D eigenvalue weighted by Gasteiger charge is -2.11. The van der Waals surface area contributed by atoms with Crippen molar-refractivity contribution >= 4 is 11.6 Å². The van der Waals surface area contributed by atoms with Gasteiger partial charge in [-0.25, -0.2) is 0 Å². The van der Waals surface area contributed by atoms with Gasteiger partial charge in [0.25, 0.3) is 0 Å². The summed E-state index contributed by atoms with van der Waals surface area (Å²) < 4.78 is 45.6. The number of nitrogens with one attached hydrogen (secondary N) is 1. The second-order valence-electron chi connectivity index (χ2n) is 5.44. The Bertz CT molecular complexity index is 921. The molecule has 136 valence electrons. The van der Waals surface area contributed by atoms with Gasteiger partial charge < -0.3 is 9.84 Å². The second-order valence-corrected chi connectivity index (χ2v) is 5.88. The number of phenolic OH excluding ortho intramolecular Hbond substituents is 1. The van der Waals surface area contributed by atoms with E-state index in [2.05, 4.69) is 5.10 Å². The van der Waals surface area contributed by atoms with Crippen molar-refractivity contribution in [3.8, 4) is 33.9 Å². The Balaban J connectivity index is 2.20. The Labute approximate surface area is 152 Å². The Kier molecular flexibility index (Phi) is 4.82. The second kappa shape index (κ2) is 6.92. The molecule has 2 aromatic carbocycles. The summed E-state index contributed by atoms with van der Waals surface area (Å²) in [7, 11) is 0. The summed E-state index contributed by atoms with van der Waals surface area (Å²) in [5.74, 6) is 0.180. The molecule has 0 atom stereocenters. The van der Waals surface area contributed by atoms with Gasteiger partial charge >= 0.3 is 6.18 Å². The molecule has 3 aromatic rings. The maximum atomic E-state index is 13.4. The summed E-state index contributed by atoms with van der Waals surface area (Å²) in [5, 5.41) is 16.5. The molecule has 4 nitrogen and oxygen atoms in total. The average molecular weight is 383 g/mol. The molecule has 26 heavy (non-hydrogen) atoms. The summed E-state index contributed by atoms with van der Waals surface area (Å²) in [6.45, 7) is 2.18. The Morgan fingerprint density at radius 3 is 2.42 bits per heavy atom. The molecule has 2 N–H and O–H groups in total. The van der Waals surface area contributed by atoms with Crippen molar-refractivity contribution in [2.45, 2.75) is 13.1 Å². The van der Waals surface area contributed by atoms with E-state index in [0.29, 0.717) is 17.4 Å². The summed E-state index contributed by atoms with van der Waals surface area (Å²) in [5.41, 5.74) is -0.735. The van der Waals surface area contributed by atoms with E-state index in [-0.39, 0.29) is 28.1 Å². The van der Waals surface area contributed by atoms with Gasteiger partial charge in [-0.05, 0) is 36.8 Å². The molecule has 0 bridgehead atoms. The highest BCUT2D eigenvalue weighted by Crippen LogP contribution is 2.43. The number of nitrogens with zero attached hydrogens (tertiary/aromatic N) is 1. The first-order chi connectivity index (χ1) is 12.3. The summed E-state index contributed by atoms with van der Waals surface area (Å²) >= 11 is 5.83. The first-order valence-corrected chi connectivity index (χ1v) is 8.06. The van der Waals surface area contributed by atoms with Crippen LogP contribution in [0, 0.1) is 0 Å². The first kappa shape index (κ1) is 18.1. The SMILES string of the molecule is CCOc1ccc(-c2n[nH]c(C(F)(F)F)c2-c2ccc(Cl)cc2)c(O)c1. The number of H-pyrrole nitrogens is 1. The number of phenols is 1. The fraction of sp³-hybridized carbons (Fsp3) is 0.167. The molecule has 0 unspecified atom stereocenters. The van der Waals surface area contributed by atoms with E-state index in [0.717, 1.165) is 0 Å². The topological polar surface area (TPSA) is 58.1 Å². The smallest absolute Gasteiger partial charge is 0.433 e. The fourth-order valence-corrected chi connectivity index (χ4v) is 2.73. The summed E-state index contributed by atoms with van der Waals surface area (Å²) in [6.07, 6.45) is -4.64. The number of halogens is 4. The third kappa shape index (κ3) is 3.48. The zero-order valence-electron chi connectivity index (χ0n) is 13.6. The molecule has 0 aliphatic heterocycles. The predicted molar refractivity (Wildman–Crippen MR) is 92.3 cm³/mol. The minimum Gasteiger partial charge on any atom is -0.507 e. The van der Waals surface area contributed by atoms with Gasteiger partial charge in [0.05, 0.1) is 6.61 Å². The van der Waals surface area contributed by atoms with Crippen molar-refractivity contribution in [3.05, 3.63) is 53.2 Å². The molecule has 0 saturated carbocycles. The van der Waals surface area contributed by atoms with Crippen LogP contribution >= 0.6 is 11.6 Å². The first-order valence-electron chi connectivity index (χ1n) is 7.69. The molecule has 0 aliphatic carbocycles. The zero-order chi connectivity index (χ0) is 18.9. The van der Waals surface area contributed by atoms with Crippen LogP contribution in [0.5, 0.6) is 11.5 Å². The van der Waals surface area contributed by atoms with Crippen LogP contribution in [-0.4, -0.2) is 21.9 Å². The van der Waals surface area contributed by atoms with Crippen LogP contribution in [0.1, 0.15) is 12.6 Å². The highest BCUT2D eigenvalue weighted by Gasteiger charge is 2.38. The molecule has 1 aromatic heterocycles. The monoisotopic (exact) mass is 382 g/mol. The van der Waals surface area contributed by atoms with Gasteiger partial charge in [-0.1, -0.05) is 23.7 Å². The molecule has 0 radical (unpaired) electrons. The molecule has 0 saturated heterocycles. The average Bonchev–Trinajstić information content (AvgIpc) is 3.01. The van der Waals surface area contributed by atoms with Gasteiger partial charge in [-0.15, -0.1) is 0 Å². The molecule has 8 heteroatoms. The predicted octanol–water partition coefficient (Wildman–Crippen LogP) is 5.52. The largest absolute Gasteiger partial charge is 0.507 e. The van der Waals surface area contributed by atoms with Crippen LogP contribution in [0.2, 0.25) is 5.02 Å². The quantitative estimate of drug-likeness (QED) is 0.624. The van der Waals surface area contributed by atoms with Gasteiger partial charge in [-0.3, -0.25) is 5.10 Å². The molecule has 0 spiro atoms. The van der Waals surface area contributed by atoms with Crippen LogP contribution in [0.25, 0.3) is 22.4 Å². The number of hydrogen-bond donors (Lipinski definition) is 2. The van der Waals surface area contributed by atoms with E-state index in [1.165, 1.54) is 36.4 Å². The van der Waals surface area contributed by atoms with Gasteiger partial charge in [0.15, 0.2) is 0 Å². The molecular formula is C18H14ClF3N2O2. The van der Waals surface area contributed by atoms with Crippen LogP contribution < -0.4 is 4.74 Å². The van der Waals surface area contributed by atoms with E-state index in [9.17, 15) is 18.3 Å². The lowest BCUT2D eigenvalue weighted by Crippen LogP contribution is -2.07. The van der Waals surface area contributed by atoms with E-state index in [1.807, 2.05) is 5.10 Å². The Hall–Kier alpha value is -2.67. The number of rotatable bonds is 4. The highest BCUT2D eigenvalue weighted by molar-refractivity contribution is 6.30. The summed E-state index contributed by atoms with van der Waals surface area (Å²) in [6, 6.07) is 10.3. The molecule has 0 fully saturated rings. The number of benzene rings is 2. The molecule has 0 amide bonds. The fourth-order valence-electron chi connectivity index (χ4n) is 2.61. The van der Waals surface area contributed by atoms with Crippen LogP contribution in [0.4, 0.5) is 13.2 Å². The Morgan fingerprint density at radius 2 is 1.85 bits per heavy atom. The maximum absolute atomic E-state index is 13.4. The van der Waals surface area contributed by atoms with Gasteiger partial charge in [0.1, 0.15) is 22.9 Å². The summed E-state index contributed by atoms with van der Waals surface area (Å²) in [4.78, 5) is 0. The Morgan fingerprint density at radius 1 is 1.15 bits per heavy atom. The van der Waals surface area contributed by atoms with Crippen molar-refractivity contribution in [1.29, 1.82) is 0 Å². The lowest BCUT2D eigenvalue weighted by molar-refractivity contribution is -0.140.